The average Bonchev–Trinajstić information content (AvgIpc) is 2.20. The average molecular weight is 281 g/mol. The van der Waals surface area contributed by atoms with Crippen LogP contribution < -0.4 is 5.73 Å². The predicted molar refractivity (Wildman–Crippen MR) is 66.0 cm³/mol. The lowest BCUT2D eigenvalue weighted by Crippen LogP contribution is -2.32. The molecule has 0 aliphatic heterocycles. The molecular weight excluding hydrogens is 271 g/mol. The van der Waals surface area contributed by atoms with E-state index in [0.29, 0.717) is 21.7 Å². The van der Waals surface area contributed by atoms with Crippen molar-refractivity contribution in [2.24, 2.45) is 5.73 Å². The summed E-state index contributed by atoms with van der Waals surface area (Å²) in [6, 6.07) is 0.694. The summed E-state index contributed by atoms with van der Waals surface area (Å²) in [7, 11) is 0. The van der Waals surface area contributed by atoms with Gasteiger partial charge in [0.25, 0.3) is 0 Å². The Bertz CT molecular complexity index is 390. The van der Waals surface area contributed by atoms with Gasteiger partial charge in [-0.05, 0) is 11.6 Å². The molecule has 0 bridgehead atoms. The lowest BCUT2D eigenvalue weighted by molar-refractivity contribution is -0.137. The van der Waals surface area contributed by atoms with E-state index in [1.807, 2.05) is 0 Å². The van der Waals surface area contributed by atoms with Crippen molar-refractivity contribution >= 4 is 40.9 Å². The standard InChI is InChI=1S/C9H10Cl2N2O2S/c10-6-1-8(11)13-2-5(6)3-16-4-7(12)9(14)15/h1-2,7H,3-4,12H2,(H,14,15). The first-order valence-corrected chi connectivity index (χ1v) is 6.28. The van der Waals surface area contributed by atoms with Gasteiger partial charge in [0, 0.05) is 22.7 Å². The van der Waals surface area contributed by atoms with E-state index in [9.17, 15) is 4.79 Å². The van der Waals surface area contributed by atoms with Gasteiger partial charge in [0.2, 0.25) is 0 Å². The van der Waals surface area contributed by atoms with Crippen molar-refractivity contribution in [1.82, 2.24) is 4.98 Å². The van der Waals surface area contributed by atoms with Gasteiger partial charge in [0.15, 0.2) is 0 Å². The third-order valence-corrected chi connectivity index (χ3v) is 3.44. The molecule has 7 heteroatoms. The summed E-state index contributed by atoms with van der Waals surface area (Å²) in [6.07, 6.45) is 1.57. The normalized spacial score (nSPS) is 12.4. The molecule has 4 nitrogen and oxygen atoms in total. The quantitative estimate of drug-likeness (QED) is 0.808. The van der Waals surface area contributed by atoms with E-state index >= 15 is 0 Å². The Kier molecular flexibility index (Phi) is 5.34. The topological polar surface area (TPSA) is 76.2 Å². The van der Waals surface area contributed by atoms with Gasteiger partial charge in [0.1, 0.15) is 11.2 Å². The summed E-state index contributed by atoms with van der Waals surface area (Å²) in [5.41, 5.74) is 6.17. The first-order chi connectivity index (χ1) is 7.50. The van der Waals surface area contributed by atoms with Crippen LogP contribution in [0.1, 0.15) is 5.56 Å². The van der Waals surface area contributed by atoms with Crippen molar-refractivity contribution in [2.75, 3.05) is 5.75 Å². The van der Waals surface area contributed by atoms with Gasteiger partial charge in [-0.1, -0.05) is 23.2 Å². The molecule has 1 atom stereocenters. The maximum absolute atomic E-state index is 10.5. The Morgan fingerprint density at radius 3 is 2.88 bits per heavy atom. The van der Waals surface area contributed by atoms with Crippen LogP contribution in [-0.2, 0) is 10.5 Å². The summed E-state index contributed by atoms with van der Waals surface area (Å²) in [4.78, 5) is 14.4. The molecule has 0 aliphatic rings. The molecule has 1 aromatic rings. The molecule has 1 aromatic heterocycles. The zero-order valence-corrected chi connectivity index (χ0v) is 10.5. The van der Waals surface area contributed by atoms with E-state index in [1.54, 1.807) is 12.3 Å². The van der Waals surface area contributed by atoms with Crippen LogP contribution in [0.15, 0.2) is 12.3 Å². The number of carboxylic acid groups (broad SMARTS) is 1. The fourth-order valence-electron chi connectivity index (χ4n) is 0.909. The second-order valence-corrected chi connectivity index (χ2v) is 4.88. The number of nitrogens with zero attached hydrogens (tertiary/aromatic N) is 1. The van der Waals surface area contributed by atoms with E-state index in [1.165, 1.54) is 11.8 Å². The molecule has 0 saturated heterocycles. The molecule has 1 rings (SSSR count). The van der Waals surface area contributed by atoms with Crippen LogP contribution in [-0.4, -0.2) is 27.9 Å². The molecule has 0 spiro atoms. The van der Waals surface area contributed by atoms with E-state index in [-0.39, 0.29) is 0 Å². The van der Waals surface area contributed by atoms with Crippen LogP contribution >= 0.6 is 35.0 Å². The number of hydrogen-bond acceptors (Lipinski definition) is 4. The van der Waals surface area contributed by atoms with Crippen LogP contribution in [0.5, 0.6) is 0 Å². The van der Waals surface area contributed by atoms with Gasteiger partial charge in [0.05, 0.1) is 0 Å². The third-order valence-electron chi connectivity index (χ3n) is 1.77. The van der Waals surface area contributed by atoms with Crippen molar-refractivity contribution in [3.05, 3.63) is 28.0 Å². The minimum Gasteiger partial charge on any atom is -0.480 e. The summed E-state index contributed by atoms with van der Waals surface area (Å²) in [5.74, 6) is -0.119. The van der Waals surface area contributed by atoms with Gasteiger partial charge in [-0.3, -0.25) is 4.79 Å². The zero-order valence-electron chi connectivity index (χ0n) is 8.19. The predicted octanol–water partition coefficient (Wildman–Crippen LogP) is 2.03. The Hall–Kier alpha value is -0.490. The molecule has 0 amide bonds. The minimum atomic E-state index is -1.01. The highest BCUT2D eigenvalue weighted by molar-refractivity contribution is 7.98. The molecular formula is C9H10Cl2N2O2S. The number of carboxylic acids is 1. The van der Waals surface area contributed by atoms with E-state index in [0.717, 1.165) is 5.56 Å². The Morgan fingerprint density at radius 2 is 2.31 bits per heavy atom. The lowest BCUT2D eigenvalue weighted by Gasteiger charge is -2.07. The molecule has 88 valence electrons. The Balaban J connectivity index is 2.46. The largest absolute Gasteiger partial charge is 0.480 e. The summed E-state index contributed by atoms with van der Waals surface area (Å²) in [5, 5.41) is 9.43. The van der Waals surface area contributed by atoms with Gasteiger partial charge >= 0.3 is 5.97 Å². The molecule has 0 saturated carbocycles. The highest BCUT2D eigenvalue weighted by Crippen LogP contribution is 2.22. The molecule has 1 heterocycles. The van der Waals surface area contributed by atoms with Crippen molar-refractivity contribution in [2.45, 2.75) is 11.8 Å². The highest BCUT2D eigenvalue weighted by Gasteiger charge is 2.11. The first kappa shape index (κ1) is 13.6. The van der Waals surface area contributed by atoms with Gasteiger partial charge in [-0.2, -0.15) is 11.8 Å². The number of thioether (sulfide) groups is 1. The molecule has 0 fully saturated rings. The van der Waals surface area contributed by atoms with Crippen molar-refractivity contribution in [3.8, 4) is 0 Å². The fourth-order valence-corrected chi connectivity index (χ4v) is 2.39. The number of aromatic nitrogens is 1. The van der Waals surface area contributed by atoms with Gasteiger partial charge in [-0.25, -0.2) is 4.98 Å². The SMILES string of the molecule is NC(CSCc1cnc(Cl)cc1Cl)C(=O)O. The number of carbonyl (C=O) groups is 1. The van der Waals surface area contributed by atoms with Crippen LogP contribution in [0.3, 0.4) is 0 Å². The van der Waals surface area contributed by atoms with E-state index in [2.05, 4.69) is 4.98 Å². The summed E-state index contributed by atoms with van der Waals surface area (Å²) >= 11 is 13.0. The molecule has 3 N–H and O–H groups in total. The summed E-state index contributed by atoms with van der Waals surface area (Å²) in [6.45, 7) is 0. The summed E-state index contributed by atoms with van der Waals surface area (Å²) < 4.78 is 0. The van der Waals surface area contributed by atoms with E-state index < -0.39 is 12.0 Å². The maximum atomic E-state index is 10.5. The van der Waals surface area contributed by atoms with E-state index in [4.69, 9.17) is 34.0 Å². The molecule has 0 aromatic carbocycles. The fraction of sp³-hybridized carbons (Fsp3) is 0.333. The number of hydrogen-bond donors (Lipinski definition) is 2. The van der Waals surface area contributed by atoms with Gasteiger partial charge in [-0.15, -0.1) is 0 Å². The highest BCUT2D eigenvalue weighted by atomic mass is 35.5. The van der Waals surface area contributed by atoms with Crippen molar-refractivity contribution in [1.29, 1.82) is 0 Å². The number of aliphatic carboxylic acids is 1. The molecule has 1 unspecified atom stereocenters. The smallest absolute Gasteiger partial charge is 0.321 e. The number of rotatable bonds is 5. The van der Waals surface area contributed by atoms with Crippen LogP contribution in [0.25, 0.3) is 0 Å². The maximum Gasteiger partial charge on any atom is 0.321 e. The third kappa shape index (κ3) is 4.17. The number of halogens is 2. The second-order valence-electron chi connectivity index (χ2n) is 3.06. The van der Waals surface area contributed by atoms with Crippen molar-refractivity contribution in [3.63, 3.8) is 0 Å². The zero-order chi connectivity index (χ0) is 12.1. The molecule has 16 heavy (non-hydrogen) atoms. The van der Waals surface area contributed by atoms with Crippen LogP contribution in [0.4, 0.5) is 0 Å². The van der Waals surface area contributed by atoms with Crippen LogP contribution in [0, 0.1) is 0 Å². The van der Waals surface area contributed by atoms with Crippen molar-refractivity contribution < 1.29 is 9.90 Å². The lowest BCUT2D eigenvalue weighted by atomic mass is 10.3. The number of nitrogens with two attached hydrogens (primary N) is 1. The minimum absolute atomic E-state index is 0.328. The Morgan fingerprint density at radius 1 is 1.62 bits per heavy atom. The first-order valence-electron chi connectivity index (χ1n) is 4.36. The van der Waals surface area contributed by atoms with Gasteiger partial charge < -0.3 is 10.8 Å². The Labute approximate surface area is 107 Å². The number of pyridine rings is 1. The molecule has 0 radical (unpaired) electrons. The monoisotopic (exact) mass is 280 g/mol. The second kappa shape index (κ2) is 6.30. The molecule has 0 aliphatic carbocycles. The van der Waals surface area contributed by atoms with Crippen LogP contribution in [0.2, 0.25) is 10.2 Å².